The van der Waals surface area contributed by atoms with Crippen LogP contribution in [0.3, 0.4) is 0 Å². The van der Waals surface area contributed by atoms with Crippen molar-refractivity contribution >= 4 is 33.0 Å². The molecule has 0 spiro atoms. The smallest absolute Gasteiger partial charge is 0.261 e. The third kappa shape index (κ3) is 5.00. The van der Waals surface area contributed by atoms with Gasteiger partial charge in [0.1, 0.15) is 0 Å². The summed E-state index contributed by atoms with van der Waals surface area (Å²) in [5.41, 5.74) is 2.61. The van der Waals surface area contributed by atoms with Crippen LogP contribution in [0.2, 0.25) is 5.02 Å². The first kappa shape index (κ1) is 18.3. The molecule has 4 nitrogen and oxygen atoms in total. The second-order valence-corrected chi connectivity index (χ2v) is 7.92. The highest BCUT2D eigenvalue weighted by Crippen LogP contribution is 2.18. The molecule has 0 saturated heterocycles. The van der Waals surface area contributed by atoms with E-state index in [0.29, 0.717) is 5.69 Å². The third-order valence-corrected chi connectivity index (χ3v) is 5.45. The normalized spacial score (nSPS) is 11.1. The van der Waals surface area contributed by atoms with Gasteiger partial charge in [0.2, 0.25) is 0 Å². The Labute approximate surface area is 158 Å². The molecule has 0 fully saturated rings. The average Bonchev–Trinajstić information content (AvgIpc) is 2.64. The molecule has 0 unspecified atom stereocenters. The van der Waals surface area contributed by atoms with Gasteiger partial charge in [-0.25, -0.2) is 8.42 Å². The number of hydrogen-bond acceptors (Lipinski definition) is 3. The predicted octanol–water partition coefficient (Wildman–Crippen LogP) is 4.80. The van der Waals surface area contributed by atoms with E-state index in [2.05, 4.69) is 10.0 Å². The lowest BCUT2D eigenvalue weighted by Crippen LogP contribution is -2.12. The topological polar surface area (TPSA) is 58.2 Å². The van der Waals surface area contributed by atoms with E-state index in [0.717, 1.165) is 29.2 Å². The van der Waals surface area contributed by atoms with Crippen molar-refractivity contribution in [1.29, 1.82) is 0 Å². The molecule has 0 heterocycles. The minimum atomic E-state index is -3.57. The molecule has 3 aromatic rings. The highest BCUT2D eigenvalue weighted by atomic mass is 35.5. The van der Waals surface area contributed by atoms with Gasteiger partial charge in [-0.05, 0) is 60.5 Å². The Morgan fingerprint density at radius 2 is 1.50 bits per heavy atom. The van der Waals surface area contributed by atoms with E-state index in [1.54, 1.807) is 42.5 Å². The molecule has 0 aliphatic carbocycles. The summed E-state index contributed by atoms with van der Waals surface area (Å²) >= 11 is 5.98. The summed E-state index contributed by atoms with van der Waals surface area (Å²) in [5.74, 6) is 0. The summed E-state index contributed by atoms with van der Waals surface area (Å²) in [4.78, 5) is 0.240. The van der Waals surface area contributed by atoms with Gasteiger partial charge in [0.25, 0.3) is 10.0 Å². The molecular weight excluding hydrogens is 368 g/mol. The van der Waals surface area contributed by atoms with Gasteiger partial charge in [-0.1, -0.05) is 41.9 Å². The lowest BCUT2D eigenvalue weighted by molar-refractivity contribution is 0.601. The third-order valence-electron chi connectivity index (χ3n) is 3.82. The van der Waals surface area contributed by atoms with Crippen molar-refractivity contribution < 1.29 is 8.42 Å². The summed E-state index contributed by atoms with van der Waals surface area (Å²) in [6.07, 6.45) is 0.850. The Balaban J connectivity index is 1.57. The molecule has 0 amide bonds. The number of nitrogens with one attached hydrogen (secondary N) is 2. The van der Waals surface area contributed by atoms with E-state index < -0.39 is 10.0 Å². The van der Waals surface area contributed by atoms with E-state index in [1.807, 2.05) is 36.4 Å². The fourth-order valence-corrected chi connectivity index (χ4v) is 3.81. The maximum Gasteiger partial charge on any atom is 0.261 e. The van der Waals surface area contributed by atoms with Gasteiger partial charge in [0.15, 0.2) is 0 Å². The molecule has 0 aromatic heterocycles. The van der Waals surface area contributed by atoms with Gasteiger partial charge in [-0.3, -0.25) is 4.72 Å². The monoisotopic (exact) mass is 386 g/mol. The zero-order chi connectivity index (χ0) is 18.4. The molecule has 134 valence electrons. The van der Waals surface area contributed by atoms with Gasteiger partial charge in [0, 0.05) is 22.9 Å². The van der Waals surface area contributed by atoms with Gasteiger partial charge in [0.05, 0.1) is 4.90 Å². The summed E-state index contributed by atoms with van der Waals surface area (Å²) in [6, 6.07) is 23.2. The highest BCUT2D eigenvalue weighted by molar-refractivity contribution is 7.92. The second-order valence-electron chi connectivity index (χ2n) is 5.80. The van der Waals surface area contributed by atoms with Crippen molar-refractivity contribution in [3.8, 4) is 0 Å². The Hall–Kier alpha value is -2.50. The standard InChI is InChI=1S/C20H19ClN2O2S/c21-17-6-4-5-16(15-17)13-14-22-18-9-11-19(12-10-18)23-26(24,25)20-7-2-1-3-8-20/h1-12,15,22-23H,13-14H2. The van der Waals surface area contributed by atoms with Crippen LogP contribution in [0.4, 0.5) is 11.4 Å². The number of rotatable bonds is 7. The zero-order valence-electron chi connectivity index (χ0n) is 14.0. The molecule has 6 heteroatoms. The zero-order valence-corrected chi connectivity index (χ0v) is 15.6. The molecule has 3 rings (SSSR count). The van der Waals surface area contributed by atoms with Crippen molar-refractivity contribution in [3.05, 3.63) is 89.4 Å². The fourth-order valence-electron chi connectivity index (χ4n) is 2.51. The summed E-state index contributed by atoms with van der Waals surface area (Å²) < 4.78 is 27.2. The minimum absolute atomic E-state index is 0.240. The van der Waals surface area contributed by atoms with E-state index >= 15 is 0 Å². The van der Waals surface area contributed by atoms with Gasteiger partial charge in [-0.2, -0.15) is 0 Å². The number of anilines is 2. The molecule has 26 heavy (non-hydrogen) atoms. The molecule has 0 aliphatic heterocycles. The van der Waals surface area contributed by atoms with E-state index in [4.69, 9.17) is 11.6 Å². The second kappa shape index (κ2) is 8.25. The largest absolute Gasteiger partial charge is 0.385 e. The maximum atomic E-state index is 12.3. The van der Waals surface area contributed by atoms with Crippen LogP contribution in [0, 0.1) is 0 Å². The van der Waals surface area contributed by atoms with Crippen molar-refractivity contribution in [2.45, 2.75) is 11.3 Å². The Bertz CT molecular complexity index is 959. The van der Waals surface area contributed by atoms with Crippen LogP contribution in [-0.4, -0.2) is 15.0 Å². The lowest BCUT2D eigenvalue weighted by atomic mass is 10.1. The van der Waals surface area contributed by atoms with Gasteiger partial charge in [-0.15, -0.1) is 0 Å². The number of hydrogen-bond donors (Lipinski definition) is 2. The summed E-state index contributed by atoms with van der Waals surface area (Å²) in [7, 11) is -3.57. The first-order valence-electron chi connectivity index (χ1n) is 8.19. The number of benzene rings is 3. The summed E-state index contributed by atoms with van der Waals surface area (Å²) in [6.45, 7) is 0.759. The van der Waals surface area contributed by atoms with Crippen molar-refractivity contribution in [2.24, 2.45) is 0 Å². The minimum Gasteiger partial charge on any atom is -0.385 e. The van der Waals surface area contributed by atoms with Crippen LogP contribution in [0.25, 0.3) is 0 Å². The molecule has 3 aromatic carbocycles. The predicted molar refractivity (Wildman–Crippen MR) is 107 cm³/mol. The highest BCUT2D eigenvalue weighted by Gasteiger charge is 2.13. The molecule has 0 saturated carbocycles. The van der Waals surface area contributed by atoms with Crippen LogP contribution >= 0.6 is 11.6 Å². The Morgan fingerprint density at radius 1 is 0.808 bits per heavy atom. The summed E-state index contributed by atoms with van der Waals surface area (Å²) in [5, 5.41) is 4.05. The van der Waals surface area contributed by atoms with E-state index in [9.17, 15) is 8.42 Å². The number of halogens is 1. The van der Waals surface area contributed by atoms with Crippen molar-refractivity contribution in [2.75, 3.05) is 16.6 Å². The average molecular weight is 387 g/mol. The van der Waals surface area contributed by atoms with Crippen LogP contribution in [-0.2, 0) is 16.4 Å². The molecule has 0 bridgehead atoms. The number of sulfonamides is 1. The quantitative estimate of drug-likeness (QED) is 0.613. The van der Waals surface area contributed by atoms with Gasteiger partial charge >= 0.3 is 0 Å². The molecule has 0 radical (unpaired) electrons. The van der Waals surface area contributed by atoms with Crippen molar-refractivity contribution in [1.82, 2.24) is 0 Å². The van der Waals surface area contributed by atoms with Crippen LogP contribution in [0.5, 0.6) is 0 Å². The van der Waals surface area contributed by atoms with Crippen LogP contribution < -0.4 is 10.0 Å². The van der Waals surface area contributed by atoms with Crippen LogP contribution in [0.1, 0.15) is 5.56 Å². The first-order valence-corrected chi connectivity index (χ1v) is 10.1. The molecule has 0 atom stereocenters. The Kier molecular flexibility index (Phi) is 5.81. The van der Waals surface area contributed by atoms with Gasteiger partial charge < -0.3 is 5.32 Å². The first-order chi connectivity index (χ1) is 12.5. The molecule has 2 N–H and O–H groups in total. The fraction of sp³-hybridized carbons (Fsp3) is 0.100. The van der Waals surface area contributed by atoms with E-state index in [-0.39, 0.29) is 4.90 Å². The molecular formula is C20H19ClN2O2S. The van der Waals surface area contributed by atoms with E-state index in [1.165, 1.54) is 0 Å². The lowest BCUT2D eigenvalue weighted by Gasteiger charge is -2.10. The maximum absolute atomic E-state index is 12.3. The van der Waals surface area contributed by atoms with Crippen molar-refractivity contribution in [3.63, 3.8) is 0 Å². The molecule has 0 aliphatic rings. The Morgan fingerprint density at radius 3 is 2.19 bits per heavy atom. The van der Waals surface area contributed by atoms with Crippen LogP contribution in [0.15, 0.2) is 83.8 Å². The SMILES string of the molecule is O=S(=O)(Nc1ccc(NCCc2cccc(Cl)c2)cc1)c1ccccc1.